The highest BCUT2D eigenvalue weighted by atomic mass is 19.1. The van der Waals surface area contributed by atoms with Gasteiger partial charge in [-0.3, -0.25) is 14.4 Å². The summed E-state index contributed by atoms with van der Waals surface area (Å²) in [6.45, 7) is 6.85. The number of nitrogens with one attached hydrogen (secondary N) is 1. The van der Waals surface area contributed by atoms with Gasteiger partial charge in [-0.05, 0) is 96.9 Å². The summed E-state index contributed by atoms with van der Waals surface area (Å²) in [6.07, 6.45) is 3.26. The summed E-state index contributed by atoms with van der Waals surface area (Å²) in [7, 11) is 0. The summed E-state index contributed by atoms with van der Waals surface area (Å²) in [5.74, 6) is -1.30. The van der Waals surface area contributed by atoms with E-state index in [1.54, 1.807) is 11.0 Å². The molecule has 2 aromatic rings. The molecule has 3 aliphatic rings. The Morgan fingerprint density at radius 2 is 1.89 bits per heavy atom. The van der Waals surface area contributed by atoms with Crippen LogP contribution in [0.5, 0.6) is 5.75 Å². The minimum atomic E-state index is -0.867. The van der Waals surface area contributed by atoms with E-state index in [0.29, 0.717) is 49.4 Å². The largest absolute Gasteiger partial charge is 0.494 e. The van der Waals surface area contributed by atoms with Crippen LogP contribution in [0.3, 0.4) is 0 Å². The molecule has 2 aromatic carbocycles. The van der Waals surface area contributed by atoms with Gasteiger partial charge in [-0.2, -0.15) is 0 Å². The molecule has 0 bridgehead atoms. The zero-order chi connectivity index (χ0) is 27.2. The van der Waals surface area contributed by atoms with Gasteiger partial charge in [-0.25, -0.2) is 4.39 Å². The fourth-order valence-electron chi connectivity index (χ4n) is 6.44. The number of aliphatic carboxylic acids is 1. The highest BCUT2D eigenvalue weighted by Gasteiger charge is 2.43. The number of amides is 2. The molecule has 0 saturated heterocycles. The van der Waals surface area contributed by atoms with Crippen molar-refractivity contribution in [3.05, 3.63) is 58.4 Å². The summed E-state index contributed by atoms with van der Waals surface area (Å²) in [5, 5.41) is 12.0. The van der Waals surface area contributed by atoms with Gasteiger partial charge in [0.2, 0.25) is 5.91 Å². The first kappa shape index (κ1) is 26.2. The van der Waals surface area contributed by atoms with Crippen LogP contribution in [-0.2, 0) is 32.6 Å². The van der Waals surface area contributed by atoms with Gasteiger partial charge in [-0.1, -0.05) is 19.9 Å². The number of anilines is 1. The molecule has 0 radical (unpaired) electrons. The summed E-state index contributed by atoms with van der Waals surface area (Å²) in [6, 6.07) is 7.92. The number of benzene rings is 2. The van der Waals surface area contributed by atoms with Gasteiger partial charge in [0, 0.05) is 24.6 Å². The van der Waals surface area contributed by atoms with Gasteiger partial charge < -0.3 is 20.1 Å². The van der Waals surface area contributed by atoms with Gasteiger partial charge >= 0.3 is 5.97 Å². The minimum Gasteiger partial charge on any atom is -0.494 e. The van der Waals surface area contributed by atoms with Crippen LogP contribution in [0.4, 0.5) is 10.1 Å². The van der Waals surface area contributed by atoms with Crippen molar-refractivity contribution in [3.63, 3.8) is 0 Å². The molecule has 5 rings (SSSR count). The van der Waals surface area contributed by atoms with Crippen LogP contribution in [0.1, 0.15) is 74.8 Å². The number of aryl methyl sites for hydroxylation is 1. The fraction of sp³-hybridized carbons (Fsp3) is 0.500. The fourth-order valence-corrected chi connectivity index (χ4v) is 6.44. The van der Waals surface area contributed by atoms with Crippen molar-refractivity contribution in [1.82, 2.24) is 4.90 Å². The maximum Gasteiger partial charge on any atom is 0.303 e. The Balaban J connectivity index is 1.42. The number of halogens is 1. The van der Waals surface area contributed by atoms with Crippen molar-refractivity contribution < 1.29 is 28.6 Å². The van der Waals surface area contributed by atoms with Gasteiger partial charge in [0.15, 0.2) is 0 Å². The molecule has 2 aliphatic carbocycles. The van der Waals surface area contributed by atoms with Crippen molar-refractivity contribution in [2.24, 2.45) is 11.8 Å². The zero-order valence-electron chi connectivity index (χ0n) is 22.2. The number of carboxylic acids is 1. The Morgan fingerprint density at radius 1 is 1.13 bits per heavy atom. The summed E-state index contributed by atoms with van der Waals surface area (Å²) < 4.78 is 20.8. The van der Waals surface area contributed by atoms with Crippen molar-refractivity contribution in [2.45, 2.75) is 70.8 Å². The molecule has 1 saturated carbocycles. The lowest BCUT2D eigenvalue weighted by Crippen LogP contribution is -2.50. The SMILES string of the molecule is CCOc1ccc2c(c1)CCN(C(=O)C1CC(CC(=O)O)C1)[C@H]2C(=O)Nc1cc(F)c2c(c1)CCC2(C)C. The number of nitrogens with zero attached hydrogens (tertiary/aromatic N) is 1. The number of ether oxygens (including phenoxy) is 1. The van der Waals surface area contributed by atoms with E-state index < -0.39 is 12.0 Å². The van der Waals surface area contributed by atoms with E-state index in [0.717, 1.165) is 29.5 Å². The first-order chi connectivity index (χ1) is 18.1. The van der Waals surface area contributed by atoms with E-state index in [9.17, 15) is 14.4 Å². The molecule has 1 fully saturated rings. The third-order valence-corrected chi connectivity index (χ3v) is 8.37. The highest BCUT2D eigenvalue weighted by Crippen LogP contribution is 2.43. The normalized spacial score (nSPS) is 23.2. The molecule has 202 valence electrons. The van der Waals surface area contributed by atoms with Crippen molar-refractivity contribution in [2.75, 3.05) is 18.5 Å². The topological polar surface area (TPSA) is 95.9 Å². The molecule has 1 atom stereocenters. The first-order valence-electron chi connectivity index (χ1n) is 13.5. The second kappa shape index (κ2) is 10.0. The number of fused-ring (bicyclic) bond motifs is 2. The monoisotopic (exact) mass is 522 g/mol. The van der Waals surface area contributed by atoms with Crippen molar-refractivity contribution >= 4 is 23.5 Å². The van der Waals surface area contributed by atoms with Crippen LogP contribution in [0, 0.1) is 17.7 Å². The molecule has 2 amide bonds. The molecule has 2 N–H and O–H groups in total. The standard InChI is InChI=1S/C30H35FN2O5/c1-4-38-22-5-6-23-18(15-22)8-10-33(29(37)20-11-17(12-20)13-25(34)35)27(23)28(36)32-21-14-19-7-9-30(2,3)26(19)24(31)16-21/h5-6,14-17,20,27H,4,7-13H2,1-3H3,(H,32,36)(H,34,35)/t17?,20?,27-/m1/s1. The first-order valence-corrected chi connectivity index (χ1v) is 13.5. The average Bonchev–Trinajstić information content (AvgIpc) is 3.14. The van der Waals surface area contributed by atoms with E-state index >= 15 is 4.39 Å². The maximum atomic E-state index is 15.1. The number of hydrogen-bond acceptors (Lipinski definition) is 4. The van der Waals surface area contributed by atoms with Gasteiger partial charge in [0.1, 0.15) is 17.6 Å². The molecular formula is C30H35FN2O5. The highest BCUT2D eigenvalue weighted by molar-refractivity contribution is 5.99. The number of rotatable bonds is 7. The lowest BCUT2D eigenvalue weighted by molar-refractivity contribution is -0.149. The number of carbonyl (C=O) groups is 3. The van der Waals surface area contributed by atoms with E-state index in [4.69, 9.17) is 9.84 Å². The summed E-state index contributed by atoms with van der Waals surface area (Å²) in [5.41, 5.74) is 3.43. The second-order valence-corrected chi connectivity index (χ2v) is 11.5. The third kappa shape index (κ3) is 4.88. The number of hydrogen-bond donors (Lipinski definition) is 2. The number of carboxylic acid groups (broad SMARTS) is 1. The van der Waals surface area contributed by atoms with Crippen LogP contribution < -0.4 is 10.1 Å². The van der Waals surface area contributed by atoms with E-state index in [2.05, 4.69) is 5.32 Å². The van der Waals surface area contributed by atoms with Crippen LogP contribution >= 0.6 is 0 Å². The summed E-state index contributed by atoms with van der Waals surface area (Å²) >= 11 is 0. The predicted octanol–water partition coefficient (Wildman–Crippen LogP) is 5.01. The van der Waals surface area contributed by atoms with Crippen LogP contribution in [-0.4, -0.2) is 40.9 Å². The van der Waals surface area contributed by atoms with Gasteiger partial charge in [-0.15, -0.1) is 0 Å². The van der Waals surface area contributed by atoms with Gasteiger partial charge in [0.25, 0.3) is 5.91 Å². The van der Waals surface area contributed by atoms with E-state index in [1.807, 2.05) is 39.0 Å². The Labute approximate surface area is 222 Å². The second-order valence-electron chi connectivity index (χ2n) is 11.5. The lowest BCUT2D eigenvalue weighted by atomic mass is 9.72. The van der Waals surface area contributed by atoms with Crippen molar-refractivity contribution in [3.8, 4) is 5.75 Å². The van der Waals surface area contributed by atoms with Crippen LogP contribution in [0.25, 0.3) is 0 Å². The minimum absolute atomic E-state index is 0.0156. The van der Waals surface area contributed by atoms with E-state index in [1.165, 1.54) is 6.07 Å². The molecule has 38 heavy (non-hydrogen) atoms. The molecule has 1 heterocycles. The Bertz CT molecular complexity index is 1280. The molecule has 0 unspecified atom stereocenters. The van der Waals surface area contributed by atoms with Crippen LogP contribution in [0.15, 0.2) is 30.3 Å². The average molecular weight is 523 g/mol. The summed E-state index contributed by atoms with van der Waals surface area (Å²) in [4.78, 5) is 40.0. The molecular weight excluding hydrogens is 487 g/mol. The lowest BCUT2D eigenvalue weighted by Gasteiger charge is -2.42. The number of carbonyl (C=O) groups excluding carboxylic acids is 2. The Hall–Kier alpha value is -3.42. The smallest absolute Gasteiger partial charge is 0.303 e. The zero-order valence-corrected chi connectivity index (χ0v) is 22.2. The van der Waals surface area contributed by atoms with Crippen molar-refractivity contribution in [1.29, 1.82) is 0 Å². The Morgan fingerprint density at radius 3 is 2.61 bits per heavy atom. The molecule has 1 aliphatic heterocycles. The third-order valence-electron chi connectivity index (χ3n) is 8.37. The molecule has 0 spiro atoms. The van der Waals surface area contributed by atoms with Crippen LogP contribution in [0.2, 0.25) is 0 Å². The molecule has 0 aromatic heterocycles. The quantitative estimate of drug-likeness (QED) is 0.533. The Kier molecular flexibility index (Phi) is 6.92. The van der Waals surface area contributed by atoms with E-state index in [-0.39, 0.29) is 41.3 Å². The maximum absolute atomic E-state index is 15.1. The predicted molar refractivity (Wildman–Crippen MR) is 141 cm³/mol. The molecule has 8 heteroatoms. The molecule has 7 nitrogen and oxygen atoms in total. The van der Waals surface area contributed by atoms with Gasteiger partial charge in [0.05, 0.1) is 6.61 Å².